The first kappa shape index (κ1) is 14.6. The van der Waals surface area contributed by atoms with Gasteiger partial charge in [0.25, 0.3) is 0 Å². The smallest absolute Gasteiger partial charge is 0.231 e. The zero-order valence-electron chi connectivity index (χ0n) is 12.1. The van der Waals surface area contributed by atoms with E-state index in [0.717, 1.165) is 5.56 Å². The second-order valence-electron chi connectivity index (χ2n) is 4.60. The van der Waals surface area contributed by atoms with Gasteiger partial charge in [-0.3, -0.25) is 0 Å². The molecule has 1 heterocycles. The number of hydrogen-bond donors (Lipinski definition) is 4. The number of phenols is 2. The molecule has 1 aromatic heterocycles. The van der Waals surface area contributed by atoms with Gasteiger partial charge in [0.15, 0.2) is 11.5 Å². The Morgan fingerprint density at radius 3 is 2.38 bits per heavy atom. The highest BCUT2D eigenvalue weighted by Gasteiger charge is 2.07. The molecule has 2 aromatic rings. The van der Waals surface area contributed by atoms with Gasteiger partial charge < -0.3 is 25.7 Å². The van der Waals surface area contributed by atoms with Crippen molar-refractivity contribution in [1.29, 1.82) is 0 Å². The van der Waals surface area contributed by atoms with E-state index >= 15 is 0 Å². The van der Waals surface area contributed by atoms with Crippen molar-refractivity contribution in [2.75, 3.05) is 36.7 Å². The van der Waals surface area contributed by atoms with Crippen LogP contribution in [0.2, 0.25) is 0 Å². The highest BCUT2D eigenvalue weighted by atomic mass is 16.3. The molecule has 0 bridgehead atoms. The van der Waals surface area contributed by atoms with Crippen LogP contribution in [-0.4, -0.2) is 46.3 Å². The molecular formula is C13H18N6O2. The summed E-state index contributed by atoms with van der Waals surface area (Å²) in [6, 6.07) is 4.62. The van der Waals surface area contributed by atoms with Crippen LogP contribution in [0.5, 0.6) is 11.5 Å². The summed E-state index contributed by atoms with van der Waals surface area (Å²) in [5.41, 5.74) is 0.795. The van der Waals surface area contributed by atoms with E-state index < -0.39 is 0 Å². The van der Waals surface area contributed by atoms with Crippen LogP contribution in [0.25, 0.3) is 0 Å². The molecule has 0 amide bonds. The summed E-state index contributed by atoms with van der Waals surface area (Å²) in [6.07, 6.45) is 0. The van der Waals surface area contributed by atoms with Crippen LogP contribution in [0.1, 0.15) is 5.56 Å². The molecule has 0 aliphatic carbocycles. The zero-order valence-corrected chi connectivity index (χ0v) is 12.1. The van der Waals surface area contributed by atoms with Crippen LogP contribution in [-0.2, 0) is 6.54 Å². The number of aromatic hydroxyl groups is 2. The van der Waals surface area contributed by atoms with Gasteiger partial charge in [0.05, 0.1) is 0 Å². The van der Waals surface area contributed by atoms with E-state index in [9.17, 15) is 10.2 Å². The normalized spacial score (nSPS) is 10.2. The lowest BCUT2D eigenvalue weighted by Gasteiger charge is -2.13. The second-order valence-corrected chi connectivity index (χ2v) is 4.60. The summed E-state index contributed by atoms with van der Waals surface area (Å²) in [4.78, 5) is 14.5. The van der Waals surface area contributed by atoms with E-state index in [0.29, 0.717) is 24.4 Å². The minimum atomic E-state index is -0.158. The van der Waals surface area contributed by atoms with Crippen LogP contribution in [0.3, 0.4) is 0 Å². The van der Waals surface area contributed by atoms with Gasteiger partial charge in [-0.25, -0.2) is 0 Å². The van der Waals surface area contributed by atoms with Crippen molar-refractivity contribution in [3.63, 3.8) is 0 Å². The molecule has 0 atom stereocenters. The lowest BCUT2D eigenvalue weighted by Crippen LogP contribution is -2.16. The van der Waals surface area contributed by atoms with E-state index in [1.807, 2.05) is 14.1 Å². The quantitative estimate of drug-likeness (QED) is 0.604. The summed E-state index contributed by atoms with van der Waals surface area (Å²) >= 11 is 0. The molecule has 0 aliphatic heterocycles. The third-order valence-electron chi connectivity index (χ3n) is 2.74. The fourth-order valence-corrected chi connectivity index (χ4v) is 1.62. The Labute approximate surface area is 122 Å². The van der Waals surface area contributed by atoms with Gasteiger partial charge >= 0.3 is 0 Å². The zero-order chi connectivity index (χ0) is 15.4. The van der Waals surface area contributed by atoms with Gasteiger partial charge in [-0.05, 0) is 17.7 Å². The van der Waals surface area contributed by atoms with Gasteiger partial charge in [0.2, 0.25) is 17.8 Å². The molecule has 0 aliphatic rings. The van der Waals surface area contributed by atoms with Crippen molar-refractivity contribution in [2.24, 2.45) is 0 Å². The molecule has 21 heavy (non-hydrogen) atoms. The molecule has 4 N–H and O–H groups in total. The third kappa shape index (κ3) is 3.62. The largest absolute Gasteiger partial charge is 0.504 e. The maximum absolute atomic E-state index is 9.46. The van der Waals surface area contributed by atoms with Crippen LogP contribution in [0.4, 0.5) is 17.8 Å². The first-order valence-electron chi connectivity index (χ1n) is 6.35. The molecule has 0 saturated heterocycles. The molecule has 8 nitrogen and oxygen atoms in total. The number of hydrogen-bond acceptors (Lipinski definition) is 8. The monoisotopic (exact) mass is 290 g/mol. The fourth-order valence-electron chi connectivity index (χ4n) is 1.62. The Balaban J connectivity index is 2.15. The van der Waals surface area contributed by atoms with E-state index in [1.165, 1.54) is 12.1 Å². The summed E-state index contributed by atoms with van der Waals surface area (Å²) in [7, 11) is 5.42. The van der Waals surface area contributed by atoms with Crippen LogP contribution in [0, 0.1) is 0 Å². The Hall–Kier alpha value is -2.77. The van der Waals surface area contributed by atoms with Crippen molar-refractivity contribution >= 4 is 17.8 Å². The highest BCUT2D eigenvalue weighted by molar-refractivity contribution is 5.44. The summed E-state index contributed by atoms with van der Waals surface area (Å²) in [6.45, 7) is 0.411. The molecule has 0 spiro atoms. The molecular weight excluding hydrogens is 272 g/mol. The van der Waals surface area contributed by atoms with E-state index in [1.54, 1.807) is 18.0 Å². The molecule has 0 unspecified atom stereocenters. The predicted molar refractivity (Wildman–Crippen MR) is 80.8 cm³/mol. The SMILES string of the molecule is CNc1nc(NCc2ccc(O)c(O)c2)nc(N(C)C)n1. The van der Waals surface area contributed by atoms with Gasteiger partial charge in [0, 0.05) is 27.7 Å². The predicted octanol–water partition coefficient (Wildman–Crippen LogP) is 1.00. The van der Waals surface area contributed by atoms with Gasteiger partial charge in [-0.2, -0.15) is 15.0 Å². The van der Waals surface area contributed by atoms with E-state index in [2.05, 4.69) is 25.6 Å². The summed E-state index contributed by atoms with van der Waals surface area (Å²) < 4.78 is 0. The van der Waals surface area contributed by atoms with Gasteiger partial charge in [-0.15, -0.1) is 0 Å². The molecule has 112 valence electrons. The second kappa shape index (κ2) is 6.12. The number of aromatic nitrogens is 3. The maximum Gasteiger partial charge on any atom is 0.231 e. The van der Waals surface area contributed by atoms with Crippen molar-refractivity contribution in [2.45, 2.75) is 6.54 Å². The standard InChI is InChI=1S/C13H18N6O2/c1-14-11-16-12(18-13(17-11)19(2)3)15-7-8-4-5-9(20)10(21)6-8/h4-6,20-21H,7H2,1-3H3,(H2,14,15,16,17,18). The molecule has 8 heteroatoms. The van der Waals surface area contributed by atoms with Crippen LogP contribution in [0.15, 0.2) is 18.2 Å². The number of rotatable bonds is 5. The number of phenolic OH excluding ortho intramolecular Hbond substituents is 2. The average Bonchev–Trinajstić information content (AvgIpc) is 2.48. The average molecular weight is 290 g/mol. The Kier molecular flexibility index (Phi) is 4.27. The summed E-state index contributed by atoms with van der Waals surface area (Å²) in [5.74, 6) is 1.11. The lowest BCUT2D eigenvalue weighted by molar-refractivity contribution is 0.403. The number of nitrogens with zero attached hydrogens (tertiary/aromatic N) is 4. The molecule has 0 fully saturated rings. The summed E-state index contributed by atoms with van der Waals surface area (Å²) in [5, 5.41) is 24.7. The molecule has 0 saturated carbocycles. The number of anilines is 3. The Bertz CT molecular complexity index is 632. The van der Waals surface area contributed by atoms with E-state index in [-0.39, 0.29) is 11.5 Å². The fraction of sp³-hybridized carbons (Fsp3) is 0.308. The Morgan fingerprint density at radius 2 is 1.76 bits per heavy atom. The van der Waals surface area contributed by atoms with Crippen molar-refractivity contribution in [3.8, 4) is 11.5 Å². The molecule has 2 rings (SSSR count). The van der Waals surface area contributed by atoms with Crippen LogP contribution >= 0.6 is 0 Å². The van der Waals surface area contributed by atoms with Crippen molar-refractivity contribution in [3.05, 3.63) is 23.8 Å². The third-order valence-corrected chi connectivity index (χ3v) is 2.74. The lowest BCUT2D eigenvalue weighted by atomic mass is 10.2. The molecule has 0 radical (unpaired) electrons. The minimum absolute atomic E-state index is 0.147. The van der Waals surface area contributed by atoms with Crippen molar-refractivity contribution in [1.82, 2.24) is 15.0 Å². The van der Waals surface area contributed by atoms with Gasteiger partial charge in [0.1, 0.15) is 0 Å². The molecule has 1 aromatic carbocycles. The Morgan fingerprint density at radius 1 is 1.05 bits per heavy atom. The minimum Gasteiger partial charge on any atom is -0.504 e. The topological polar surface area (TPSA) is 106 Å². The first-order chi connectivity index (χ1) is 9.99. The maximum atomic E-state index is 9.46. The number of nitrogens with one attached hydrogen (secondary N) is 2. The number of benzene rings is 1. The van der Waals surface area contributed by atoms with Gasteiger partial charge in [-0.1, -0.05) is 6.07 Å². The van der Waals surface area contributed by atoms with E-state index in [4.69, 9.17) is 0 Å². The van der Waals surface area contributed by atoms with Crippen molar-refractivity contribution < 1.29 is 10.2 Å². The van der Waals surface area contributed by atoms with Crippen LogP contribution < -0.4 is 15.5 Å². The highest BCUT2D eigenvalue weighted by Crippen LogP contribution is 2.25. The first-order valence-corrected chi connectivity index (χ1v) is 6.35.